The van der Waals surface area contributed by atoms with Gasteiger partial charge < -0.3 is 35.7 Å². The van der Waals surface area contributed by atoms with E-state index in [1.807, 2.05) is 0 Å². The Labute approximate surface area is 259 Å². The zero-order chi connectivity index (χ0) is 33.3. The molecule has 0 saturated carbocycles. The van der Waals surface area contributed by atoms with E-state index in [9.17, 15) is 31.9 Å². The van der Waals surface area contributed by atoms with Crippen LogP contribution < -0.4 is 21.1 Å². The molecule has 1 aliphatic rings. The number of carbonyl (C=O) groups is 4. The number of ether oxygens (including phenoxy) is 1. The van der Waals surface area contributed by atoms with Crippen LogP contribution in [-0.4, -0.2) is 76.5 Å². The predicted octanol–water partition coefficient (Wildman–Crippen LogP) is 3.50. The van der Waals surface area contributed by atoms with Crippen molar-refractivity contribution in [2.24, 2.45) is 18.7 Å². The molecule has 242 valence electrons. The molecular weight excluding hydrogens is 628 g/mol. The van der Waals surface area contributed by atoms with Gasteiger partial charge >= 0.3 is 6.61 Å². The number of nitrogens with two attached hydrogens (primary N) is 1. The molecule has 12 nitrogen and oxygen atoms in total. The fraction of sp³-hybridized carbons (Fsp3) is 0.321. The van der Waals surface area contributed by atoms with Crippen LogP contribution in [0.3, 0.4) is 0 Å². The number of amides is 3. The number of imidazole rings is 1. The van der Waals surface area contributed by atoms with Gasteiger partial charge in [-0.1, -0.05) is 11.6 Å². The average Bonchev–Trinajstić information content (AvgIpc) is 3.39. The van der Waals surface area contributed by atoms with E-state index in [0.717, 1.165) is 18.3 Å². The minimum Gasteiger partial charge on any atom is -0.483 e. The first-order chi connectivity index (χ1) is 21.4. The number of halogens is 5. The van der Waals surface area contributed by atoms with Crippen molar-refractivity contribution in [1.29, 1.82) is 0 Å². The van der Waals surface area contributed by atoms with Crippen LogP contribution in [0.15, 0.2) is 36.5 Å². The number of nitrogens with zero attached hydrogens (tertiary/aromatic N) is 3. The summed E-state index contributed by atoms with van der Waals surface area (Å²) in [5.41, 5.74) is 5.55. The van der Waals surface area contributed by atoms with Crippen LogP contribution >= 0.6 is 11.6 Å². The van der Waals surface area contributed by atoms with Gasteiger partial charge in [0.1, 0.15) is 0 Å². The minimum atomic E-state index is -3.34. The molecule has 1 fully saturated rings. The summed E-state index contributed by atoms with van der Waals surface area (Å²) in [5.74, 6) is -5.50. The molecule has 0 bridgehead atoms. The molecule has 2 aromatic carbocycles. The molecule has 3 amide bonds. The van der Waals surface area contributed by atoms with Crippen molar-refractivity contribution in [3.63, 3.8) is 0 Å². The number of carbonyl (C=O) groups excluding carboxylic acids is 3. The van der Waals surface area contributed by atoms with Crippen molar-refractivity contribution in [3.05, 3.63) is 64.6 Å². The second-order valence-electron chi connectivity index (χ2n) is 9.54. The third-order valence-electron chi connectivity index (χ3n) is 6.78. The lowest BCUT2D eigenvalue weighted by molar-refractivity contribution is -0.126. The van der Waals surface area contributed by atoms with Crippen LogP contribution in [-0.2, 0) is 16.6 Å². The van der Waals surface area contributed by atoms with Gasteiger partial charge in [-0.15, -0.1) is 0 Å². The molecule has 0 radical (unpaired) electrons. The molecule has 2 heterocycles. The standard InChI is InChI=1S/C27H27ClF4N6O4.CH2O2/c1-37-19(17-4-5-20(42-27(31)32)22(30)21(17)29)13-35-23(37)25(40)36-15-2-3-16(18(28)12-15)26(41)38-10-6-14(7-11-38)24(39)34-9-8-33;2-1-3/h2-5,12-14,27H,6-11,33H2,1H3,(H,34,39)(H,36,40);1H,(H,2,3). The summed E-state index contributed by atoms with van der Waals surface area (Å²) >= 11 is 6.37. The van der Waals surface area contributed by atoms with E-state index in [0.29, 0.717) is 39.0 Å². The van der Waals surface area contributed by atoms with Gasteiger partial charge in [0, 0.05) is 50.4 Å². The minimum absolute atomic E-state index is 0.000226. The van der Waals surface area contributed by atoms with Crippen LogP contribution in [0.5, 0.6) is 5.75 Å². The van der Waals surface area contributed by atoms with Gasteiger partial charge in [-0.05, 0) is 43.2 Å². The molecule has 1 aliphatic heterocycles. The van der Waals surface area contributed by atoms with Crippen LogP contribution in [0.1, 0.15) is 33.8 Å². The van der Waals surface area contributed by atoms with Gasteiger partial charge in [0.2, 0.25) is 11.7 Å². The fourth-order valence-electron chi connectivity index (χ4n) is 4.60. The Kier molecular flexibility index (Phi) is 12.3. The zero-order valence-corrected chi connectivity index (χ0v) is 24.5. The Morgan fingerprint density at radius 2 is 1.84 bits per heavy atom. The SMILES string of the molecule is Cn1c(-c2ccc(OC(F)F)c(F)c2F)cnc1C(=O)Nc1ccc(C(=O)N2CCC(C(=O)NCCN)CC2)c(Cl)c1.O=CO. The molecule has 0 atom stereocenters. The molecule has 17 heteroatoms. The highest BCUT2D eigenvalue weighted by Crippen LogP contribution is 2.31. The quantitative estimate of drug-likeness (QED) is 0.200. The summed E-state index contributed by atoms with van der Waals surface area (Å²) in [7, 11) is 1.39. The molecule has 5 N–H and O–H groups in total. The van der Waals surface area contributed by atoms with E-state index < -0.39 is 29.9 Å². The second kappa shape index (κ2) is 15.9. The van der Waals surface area contributed by atoms with Gasteiger partial charge in [-0.25, -0.2) is 9.37 Å². The lowest BCUT2D eigenvalue weighted by Crippen LogP contribution is -2.43. The number of hydrogen-bond donors (Lipinski definition) is 4. The second-order valence-corrected chi connectivity index (χ2v) is 9.95. The van der Waals surface area contributed by atoms with Gasteiger partial charge in [0.25, 0.3) is 18.3 Å². The summed E-state index contributed by atoms with van der Waals surface area (Å²) in [5, 5.41) is 12.3. The van der Waals surface area contributed by atoms with Crippen molar-refractivity contribution < 1.29 is 46.6 Å². The maximum atomic E-state index is 14.6. The van der Waals surface area contributed by atoms with E-state index in [-0.39, 0.29) is 57.6 Å². The summed E-state index contributed by atoms with van der Waals surface area (Å²) in [6.45, 7) is -2.09. The van der Waals surface area contributed by atoms with E-state index in [1.54, 1.807) is 4.90 Å². The van der Waals surface area contributed by atoms with Crippen LogP contribution in [0, 0.1) is 17.6 Å². The lowest BCUT2D eigenvalue weighted by atomic mass is 9.95. The molecule has 0 unspecified atom stereocenters. The number of piperidine rings is 1. The summed E-state index contributed by atoms with van der Waals surface area (Å²) in [4.78, 5) is 52.1. The molecule has 1 saturated heterocycles. The van der Waals surface area contributed by atoms with Crippen molar-refractivity contribution in [3.8, 4) is 17.0 Å². The normalized spacial score (nSPS) is 13.1. The van der Waals surface area contributed by atoms with Crippen LogP contribution in [0.2, 0.25) is 5.02 Å². The molecule has 1 aromatic heterocycles. The molecule has 45 heavy (non-hydrogen) atoms. The molecule has 4 rings (SSSR count). The maximum absolute atomic E-state index is 14.6. The molecule has 0 aliphatic carbocycles. The Balaban J connectivity index is 0.00000177. The highest BCUT2D eigenvalue weighted by molar-refractivity contribution is 6.34. The number of nitrogens with one attached hydrogen (secondary N) is 2. The lowest BCUT2D eigenvalue weighted by Gasteiger charge is -2.31. The van der Waals surface area contributed by atoms with Crippen molar-refractivity contribution in [1.82, 2.24) is 19.8 Å². The third kappa shape index (κ3) is 8.48. The van der Waals surface area contributed by atoms with Gasteiger partial charge in [-0.3, -0.25) is 19.2 Å². The zero-order valence-electron chi connectivity index (χ0n) is 23.7. The summed E-state index contributed by atoms with van der Waals surface area (Å²) in [6.07, 6.45) is 2.13. The van der Waals surface area contributed by atoms with E-state index in [4.69, 9.17) is 27.2 Å². The number of aromatic nitrogens is 2. The Bertz CT molecular complexity index is 1550. The largest absolute Gasteiger partial charge is 0.483 e. The number of anilines is 1. The average molecular weight is 657 g/mol. The van der Waals surface area contributed by atoms with Crippen molar-refractivity contribution in [2.75, 3.05) is 31.5 Å². The van der Waals surface area contributed by atoms with E-state index >= 15 is 0 Å². The number of likely N-dealkylation sites (tertiary alicyclic amines) is 1. The number of hydrogen-bond acceptors (Lipinski definition) is 7. The maximum Gasteiger partial charge on any atom is 0.387 e. The first-order valence-corrected chi connectivity index (χ1v) is 13.7. The predicted molar refractivity (Wildman–Crippen MR) is 154 cm³/mol. The highest BCUT2D eigenvalue weighted by atomic mass is 35.5. The fourth-order valence-corrected chi connectivity index (χ4v) is 4.86. The molecular formula is C28H29ClF4N6O6. The number of alkyl halides is 2. The first-order valence-electron chi connectivity index (χ1n) is 13.3. The molecule has 3 aromatic rings. The van der Waals surface area contributed by atoms with Gasteiger partial charge in [0.05, 0.1) is 22.5 Å². The highest BCUT2D eigenvalue weighted by Gasteiger charge is 2.29. The topological polar surface area (TPSA) is 169 Å². The van der Waals surface area contributed by atoms with E-state index in [2.05, 4.69) is 20.4 Å². The summed E-state index contributed by atoms with van der Waals surface area (Å²) in [6, 6.07) is 6.21. The smallest absolute Gasteiger partial charge is 0.387 e. The summed E-state index contributed by atoms with van der Waals surface area (Å²) < 4.78 is 58.8. The molecule has 0 spiro atoms. The number of carboxylic acid groups (broad SMARTS) is 1. The monoisotopic (exact) mass is 656 g/mol. The first kappa shape index (κ1) is 34.8. The van der Waals surface area contributed by atoms with Gasteiger partial charge in [0.15, 0.2) is 17.4 Å². The van der Waals surface area contributed by atoms with Crippen LogP contribution in [0.4, 0.5) is 23.2 Å². The Morgan fingerprint density at radius 1 is 1.18 bits per heavy atom. The van der Waals surface area contributed by atoms with Crippen molar-refractivity contribution >= 4 is 41.5 Å². The number of benzene rings is 2. The van der Waals surface area contributed by atoms with E-state index in [1.165, 1.54) is 29.8 Å². The third-order valence-corrected chi connectivity index (χ3v) is 7.10. The Hall–Kier alpha value is -4.70. The van der Waals surface area contributed by atoms with Crippen molar-refractivity contribution in [2.45, 2.75) is 19.5 Å². The number of rotatable bonds is 9. The van der Waals surface area contributed by atoms with Crippen LogP contribution in [0.25, 0.3) is 11.3 Å². The Morgan fingerprint density at radius 3 is 2.44 bits per heavy atom. The van der Waals surface area contributed by atoms with Gasteiger partial charge in [-0.2, -0.15) is 13.2 Å².